The highest BCUT2D eigenvalue weighted by molar-refractivity contribution is 5.75. The summed E-state index contributed by atoms with van der Waals surface area (Å²) < 4.78 is 1.93. The highest BCUT2D eigenvalue weighted by Gasteiger charge is 2.25. The zero-order valence-corrected chi connectivity index (χ0v) is 17.4. The van der Waals surface area contributed by atoms with Gasteiger partial charge in [0.15, 0.2) is 5.82 Å². The molecular weight excluding hydrogens is 362 g/mol. The van der Waals surface area contributed by atoms with Gasteiger partial charge in [0.1, 0.15) is 0 Å². The highest BCUT2D eigenvalue weighted by atomic mass is 16.2. The fourth-order valence-electron chi connectivity index (χ4n) is 3.81. The van der Waals surface area contributed by atoms with Crippen molar-refractivity contribution in [2.24, 2.45) is 7.05 Å². The molecule has 0 saturated carbocycles. The van der Waals surface area contributed by atoms with Crippen LogP contribution in [0.25, 0.3) is 11.1 Å². The van der Waals surface area contributed by atoms with Crippen molar-refractivity contribution in [1.82, 2.24) is 14.7 Å². The fourth-order valence-corrected chi connectivity index (χ4v) is 3.81. The molecule has 0 bridgehead atoms. The predicted molar refractivity (Wildman–Crippen MR) is 120 cm³/mol. The molecule has 152 valence electrons. The Bertz CT molecular complexity index is 1040. The first-order valence-electron chi connectivity index (χ1n) is 9.87. The number of rotatable bonds is 4. The number of nitrogens with zero attached hydrogens (tertiary/aromatic N) is 4. The van der Waals surface area contributed by atoms with E-state index in [0.29, 0.717) is 6.54 Å². The monoisotopic (exact) mass is 391 g/mol. The molecule has 6 heteroatoms. The molecule has 1 amide bonds. The van der Waals surface area contributed by atoms with Crippen LogP contribution in [0.2, 0.25) is 0 Å². The maximum atomic E-state index is 11.8. The van der Waals surface area contributed by atoms with Crippen molar-refractivity contribution < 1.29 is 6.22 Å². The van der Waals surface area contributed by atoms with Gasteiger partial charge in [0.25, 0.3) is 0 Å². The Morgan fingerprint density at radius 2 is 1.90 bits per heavy atom. The average molecular weight is 392 g/mol. The van der Waals surface area contributed by atoms with Crippen LogP contribution in [0.4, 0.5) is 17.2 Å². The summed E-state index contributed by atoms with van der Waals surface area (Å²) in [5.74, 6) is 0.936. The molecular formula is C23H29N5O. The smallest absolute Gasteiger partial charge is 0.219 e. The number of amides is 1. The van der Waals surface area contributed by atoms with Crippen molar-refractivity contribution in [2.45, 2.75) is 19.9 Å². The van der Waals surface area contributed by atoms with Crippen LogP contribution in [0.15, 0.2) is 48.5 Å². The first kappa shape index (κ1) is 19.1. The van der Waals surface area contributed by atoms with Crippen LogP contribution in [0.5, 0.6) is 0 Å². The molecule has 0 fully saturated rings. The van der Waals surface area contributed by atoms with E-state index in [9.17, 15) is 4.79 Å². The summed E-state index contributed by atoms with van der Waals surface area (Å²) in [6.45, 7) is 2.98. The normalized spacial score (nSPS) is 13.2. The molecule has 1 N–H and O–H groups in total. The van der Waals surface area contributed by atoms with Crippen LogP contribution < -0.4 is 10.2 Å². The van der Waals surface area contributed by atoms with E-state index >= 15 is 0 Å². The van der Waals surface area contributed by atoms with Crippen molar-refractivity contribution in [3.8, 4) is 11.1 Å². The number of carbonyl (C=O) groups is 1. The number of aromatic nitrogens is 2. The lowest BCUT2D eigenvalue weighted by Gasteiger charge is -2.26. The van der Waals surface area contributed by atoms with Gasteiger partial charge in [0.05, 0.1) is 6.54 Å². The van der Waals surface area contributed by atoms with Crippen molar-refractivity contribution in [1.29, 1.82) is 0 Å². The molecule has 1 aliphatic rings. The Kier molecular flexibility index (Phi) is 5.01. The molecule has 0 spiro atoms. The van der Waals surface area contributed by atoms with Crippen LogP contribution in [0, 0.1) is 0 Å². The summed E-state index contributed by atoms with van der Waals surface area (Å²) in [6, 6.07) is 16.9. The van der Waals surface area contributed by atoms with Gasteiger partial charge >= 0.3 is 0 Å². The van der Waals surface area contributed by atoms with Gasteiger partial charge in [0.2, 0.25) is 5.91 Å². The minimum Gasteiger partial charge on any atom is -0.378 e. The number of aryl methyl sites for hydroxylation is 1. The topological polar surface area (TPSA) is 53.4 Å². The SMILES string of the molecule is CC(=O)N1CCc2c(c(Nc3ccc(-c4cccc(N(C)C)c4)cc3)nn2C)C1.[HH]. The van der Waals surface area contributed by atoms with Crippen LogP contribution in [0.1, 0.15) is 19.6 Å². The minimum absolute atomic E-state index is 0. The van der Waals surface area contributed by atoms with Gasteiger partial charge in [-0.2, -0.15) is 5.10 Å². The summed E-state index contributed by atoms with van der Waals surface area (Å²) in [7, 11) is 6.06. The molecule has 1 aromatic heterocycles. The summed E-state index contributed by atoms with van der Waals surface area (Å²) in [5.41, 5.74) is 6.83. The minimum atomic E-state index is 0. The number of carbonyl (C=O) groups excluding carboxylic acids is 1. The molecule has 6 nitrogen and oxygen atoms in total. The van der Waals surface area contributed by atoms with Gasteiger partial charge in [-0.1, -0.05) is 24.3 Å². The third-order valence-corrected chi connectivity index (χ3v) is 5.53. The van der Waals surface area contributed by atoms with Gasteiger partial charge < -0.3 is 15.1 Å². The van der Waals surface area contributed by atoms with Gasteiger partial charge in [-0.05, 0) is 35.4 Å². The number of hydrogen-bond donors (Lipinski definition) is 1. The Balaban J connectivity index is 0.00000256. The molecule has 1 aliphatic heterocycles. The molecule has 2 aromatic carbocycles. The molecule has 2 heterocycles. The highest BCUT2D eigenvalue weighted by Crippen LogP contribution is 2.30. The van der Waals surface area contributed by atoms with Crippen molar-refractivity contribution in [3.63, 3.8) is 0 Å². The largest absolute Gasteiger partial charge is 0.378 e. The zero-order chi connectivity index (χ0) is 20.5. The number of anilines is 3. The lowest BCUT2D eigenvalue weighted by molar-refractivity contribution is -0.129. The molecule has 0 atom stereocenters. The Hall–Kier alpha value is -3.28. The molecule has 0 unspecified atom stereocenters. The molecule has 0 saturated heterocycles. The van der Waals surface area contributed by atoms with Crippen LogP contribution in [-0.2, 0) is 24.8 Å². The molecule has 29 heavy (non-hydrogen) atoms. The maximum Gasteiger partial charge on any atom is 0.219 e. The number of fused-ring (bicyclic) bond motifs is 1. The van der Waals surface area contributed by atoms with E-state index in [4.69, 9.17) is 0 Å². The number of hydrogen-bond acceptors (Lipinski definition) is 4. The van der Waals surface area contributed by atoms with Crippen molar-refractivity contribution in [3.05, 3.63) is 59.8 Å². The first-order valence-corrected chi connectivity index (χ1v) is 9.87. The van der Waals surface area contributed by atoms with Crippen molar-refractivity contribution in [2.75, 3.05) is 30.9 Å². The van der Waals surface area contributed by atoms with Gasteiger partial charge in [-0.15, -0.1) is 0 Å². The Labute approximate surface area is 173 Å². The van der Waals surface area contributed by atoms with Crippen LogP contribution >= 0.6 is 0 Å². The van der Waals surface area contributed by atoms with E-state index in [0.717, 1.165) is 30.0 Å². The lowest BCUT2D eigenvalue weighted by atomic mass is 10.0. The first-order chi connectivity index (χ1) is 13.9. The van der Waals surface area contributed by atoms with Gasteiger partial charge in [-0.3, -0.25) is 9.48 Å². The van der Waals surface area contributed by atoms with E-state index in [1.165, 1.54) is 22.5 Å². The Morgan fingerprint density at radius 3 is 2.59 bits per heavy atom. The average Bonchev–Trinajstić information content (AvgIpc) is 3.03. The van der Waals surface area contributed by atoms with Gasteiger partial charge in [-0.25, -0.2) is 0 Å². The lowest BCUT2D eigenvalue weighted by Crippen LogP contribution is -2.34. The molecule has 0 radical (unpaired) electrons. The number of benzene rings is 2. The summed E-state index contributed by atoms with van der Waals surface area (Å²) in [5, 5.41) is 8.10. The second-order valence-corrected chi connectivity index (χ2v) is 7.74. The fraction of sp³-hybridized carbons (Fsp3) is 0.304. The third-order valence-electron chi connectivity index (χ3n) is 5.53. The van der Waals surface area contributed by atoms with E-state index in [1.807, 2.05) is 30.7 Å². The predicted octanol–water partition coefficient (Wildman–Crippen LogP) is 4.05. The Morgan fingerprint density at radius 1 is 1.14 bits per heavy atom. The number of nitrogens with one attached hydrogen (secondary N) is 1. The van der Waals surface area contributed by atoms with Crippen LogP contribution in [0.3, 0.4) is 0 Å². The third kappa shape index (κ3) is 3.83. The van der Waals surface area contributed by atoms with E-state index in [-0.39, 0.29) is 7.33 Å². The zero-order valence-electron chi connectivity index (χ0n) is 17.4. The molecule has 3 aromatic rings. The molecule has 4 rings (SSSR count). The van der Waals surface area contributed by atoms with E-state index in [1.54, 1.807) is 6.92 Å². The van der Waals surface area contributed by atoms with E-state index in [2.05, 4.69) is 63.8 Å². The second kappa shape index (κ2) is 7.62. The standard InChI is InChI=1S/C23H27N5O.H2/c1-16(29)28-13-12-22-21(15-28)23(25-27(22)4)24-19-10-8-17(9-11-19)18-6-5-7-20(14-18)26(2)3;/h5-11,14H,12-13,15H2,1-4H3,(H,24,25);1H. The van der Waals surface area contributed by atoms with Crippen molar-refractivity contribution >= 4 is 23.1 Å². The summed E-state index contributed by atoms with van der Waals surface area (Å²) >= 11 is 0. The van der Waals surface area contributed by atoms with E-state index < -0.39 is 0 Å². The van der Waals surface area contributed by atoms with Gasteiger partial charge in [0, 0.05) is 65.1 Å². The van der Waals surface area contributed by atoms with Crippen LogP contribution in [-0.4, -0.2) is 41.2 Å². The summed E-state index contributed by atoms with van der Waals surface area (Å²) in [6.07, 6.45) is 0.835. The molecule has 0 aliphatic carbocycles. The maximum absolute atomic E-state index is 11.8. The quantitative estimate of drug-likeness (QED) is 0.729. The second-order valence-electron chi connectivity index (χ2n) is 7.74. The summed E-state index contributed by atoms with van der Waals surface area (Å²) in [4.78, 5) is 15.8.